The topological polar surface area (TPSA) is 41.6 Å². The maximum absolute atomic E-state index is 12.3. The molecule has 4 nitrogen and oxygen atoms in total. The molecule has 1 aliphatic rings. The lowest BCUT2D eigenvalue weighted by Crippen LogP contribution is -2.28. The van der Waals surface area contributed by atoms with E-state index in [-0.39, 0.29) is 5.91 Å². The number of carbonyl (C=O) groups is 1. The lowest BCUT2D eigenvalue weighted by atomic mass is 10.1. The molecule has 114 valence electrons. The zero-order chi connectivity index (χ0) is 15.7. The molecule has 0 aromatic heterocycles. The van der Waals surface area contributed by atoms with E-state index in [1.54, 1.807) is 0 Å². The van der Waals surface area contributed by atoms with E-state index in [9.17, 15) is 4.79 Å². The molecule has 4 heteroatoms. The summed E-state index contributed by atoms with van der Waals surface area (Å²) in [5.41, 5.74) is 4.76. The molecule has 0 unspecified atom stereocenters. The van der Waals surface area contributed by atoms with Crippen LogP contribution in [-0.2, 0) is 0 Å². The van der Waals surface area contributed by atoms with E-state index < -0.39 is 0 Å². The molecular weight excluding hydrogens is 276 g/mol. The number of nitrogens with zero attached hydrogens (tertiary/aromatic N) is 1. The Bertz CT molecular complexity index is 725. The van der Waals surface area contributed by atoms with Crippen molar-refractivity contribution in [1.82, 2.24) is 0 Å². The SMILES string of the molecule is Cc1ccc(C(=O)Nc2ccc3c(c2)OCCN3C)cc1C. The highest BCUT2D eigenvalue weighted by Gasteiger charge is 2.16. The van der Waals surface area contributed by atoms with Gasteiger partial charge in [-0.1, -0.05) is 6.07 Å². The molecule has 0 saturated carbocycles. The molecule has 0 aliphatic carbocycles. The van der Waals surface area contributed by atoms with Crippen LogP contribution in [0, 0.1) is 13.8 Å². The fourth-order valence-electron chi connectivity index (χ4n) is 2.52. The number of hydrogen-bond acceptors (Lipinski definition) is 3. The first-order valence-electron chi connectivity index (χ1n) is 7.41. The number of anilines is 2. The molecule has 0 saturated heterocycles. The van der Waals surface area contributed by atoms with Crippen molar-refractivity contribution < 1.29 is 9.53 Å². The van der Waals surface area contributed by atoms with Gasteiger partial charge in [0.25, 0.3) is 5.91 Å². The predicted octanol–water partition coefficient (Wildman–Crippen LogP) is 3.38. The second kappa shape index (κ2) is 5.72. The largest absolute Gasteiger partial charge is 0.489 e. The van der Waals surface area contributed by atoms with E-state index in [1.807, 2.05) is 57.3 Å². The standard InChI is InChI=1S/C18H20N2O2/c1-12-4-5-14(10-13(12)2)18(21)19-15-6-7-16-17(11-15)22-9-8-20(16)3/h4-7,10-11H,8-9H2,1-3H3,(H,19,21). The zero-order valence-corrected chi connectivity index (χ0v) is 13.1. The molecule has 1 N–H and O–H groups in total. The van der Waals surface area contributed by atoms with Gasteiger partial charge in [-0.25, -0.2) is 0 Å². The number of amides is 1. The zero-order valence-electron chi connectivity index (χ0n) is 13.1. The molecule has 3 rings (SSSR count). The molecule has 0 bridgehead atoms. The lowest BCUT2D eigenvalue weighted by molar-refractivity contribution is 0.102. The van der Waals surface area contributed by atoms with Crippen LogP contribution in [0.1, 0.15) is 21.5 Å². The van der Waals surface area contributed by atoms with Crippen molar-refractivity contribution in [3.8, 4) is 5.75 Å². The van der Waals surface area contributed by atoms with Gasteiger partial charge in [0.2, 0.25) is 0 Å². The molecule has 1 aliphatic heterocycles. The molecule has 22 heavy (non-hydrogen) atoms. The fraction of sp³-hybridized carbons (Fsp3) is 0.278. The fourth-order valence-corrected chi connectivity index (χ4v) is 2.52. The predicted molar refractivity (Wildman–Crippen MR) is 89.1 cm³/mol. The van der Waals surface area contributed by atoms with Gasteiger partial charge in [-0.2, -0.15) is 0 Å². The molecule has 2 aromatic rings. The van der Waals surface area contributed by atoms with Gasteiger partial charge < -0.3 is 15.0 Å². The number of aryl methyl sites for hydroxylation is 2. The van der Waals surface area contributed by atoms with E-state index >= 15 is 0 Å². The summed E-state index contributed by atoms with van der Waals surface area (Å²) in [6.45, 7) is 5.59. The highest BCUT2D eigenvalue weighted by Crippen LogP contribution is 2.33. The quantitative estimate of drug-likeness (QED) is 0.923. The first-order chi connectivity index (χ1) is 10.5. The van der Waals surface area contributed by atoms with Gasteiger partial charge in [0.1, 0.15) is 12.4 Å². The van der Waals surface area contributed by atoms with Crippen LogP contribution in [0.4, 0.5) is 11.4 Å². The minimum absolute atomic E-state index is 0.104. The van der Waals surface area contributed by atoms with Crippen LogP contribution in [0.3, 0.4) is 0 Å². The monoisotopic (exact) mass is 296 g/mol. The molecule has 0 atom stereocenters. The number of likely N-dealkylation sites (N-methyl/N-ethyl adjacent to an activating group) is 1. The van der Waals surface area contributed by atoms with E-state index in [2.05, 4.69) is 10.2 Å². The molecule has 1 amide bonds. The normalized spacial score (nSPS) is 13.3. The molecule has 0 spiro atoms. The van der Waals surface area contributed by atoms with Crippen molar-refractivity contribution in [2.24, 2.45) is 0 Å². The summed E-state index contributed by atoms with van der Waals surface area (Å²) in [5.74, 6) is 0.707. The van der Waals surface area contributed by atoms with Crippen LogP contribution in [0.25, 0.3) is 0 Å². The maximum Gasteiger partial charge on any atom is 0.255 e. The van der Waals surface area contributed by atoms with E-state index in [0.29, 0.717) is 12.2 Å². The van der Waals surface area contributed by atoms with Gasteiger partial charge in [-0.05, 0) is 49.2 Å². The Morgan fingerprint density at radius 3 is 2.73 bits per heavy atom. The lowest BCUT2D eigenvalue weighted by Gasteiger charge is -2.28. The van der Waals surface area contributed by atoms with Gasteiger partial charge in [0.15, 0.2) is 0 Å². The Hall–Kier alpha value is -2.49. The Morgan fingerprint density at radius 1 is 1.14 bits per heavy atom. The van der Waals surface area contributed by atoms with Crippen LogP contribution < -0.4 is 15.0 Å². The van der Waals surface area contributed by atoms with E-state index in [1.165, 1.54) is 5.56 Å². The van der Waals surface area contributed by atoms with Gasteiger partial charge in [-0.15, -0.1) is 0 Å². The number of carbonyl (C=O) groups excluding carboxylic acids is 1. The average molecular weight is 296 g/mol. The third-order valence-corrected chi connectivity index (χ3v) is 4.08. The number of nitrogens with one attached hydrogen (secondary N) is 1. The van der Waals surface area contributed by atoms with Crippen LogP contribution in [0.5, 0.6) is 5.75 Å². The minimum atomic E-state index is -0.104. The number of benzene rings is 2. The highest BCUT2D eigenvalue weighted by atomic mass is 16.5. The second-order valence-electron chi connectivity index (χ2n) is 5.71. The van der Waals surface area contributed by atoms with Crippen LogP contribution in [-0.4, -0.2) is 26.1 Å². The van der Waals surface area contributed by atoms with Crippen LogP contribution in [0.2, 0.25) is 0 Å². The Kier molecular flexibility index (Phi) is 3.75. The summed E-state index contributed by atoms with van der Waals surface area (Å²) in [6, 6.07) is 11.5. The maximum atomic E-state index is 12.3. The van der Waals surface area contributed by atoms with Crippen molar-refractivity contribution in [1.29, 1.82) is 0 Å². The molecular formula is C18H20N2O2. The third-order valence-electron chi connectivity index (χ3n) is 4.08. The number of ether oxygens (including phenoxy) is 1. The van der Waals surface area contributed by atoms with Crippen molar-refractivity contribution in [2.45, 2.75) is 13.8 Å². The van der Waals surface area contributed by atoms with Crippen molar-refractivity contribution in [3.05, 3.63) is 53.1 Å². The first kappa shape index (κ1) is 14.4. The first-order valence-corrected chi connectivity index (χ1v) is 7.41. The van der Waals surface area contributed by atoms with Crippen LogP contribution in [0.15, 0.2) is 36.4 Å². The Morgan fingerprint density at radius 2 is 1.95 bits per heavy atom. The van der Waals surface area contributed by atoms with Gasteiger partial charge >= 0.3 is 0 Å². The Balaban J connectivity index is 1.80. The highest BCUT2D eigenvalue weighted by molar-refractivity contribution is 6.04. The number of hydrogen-bond donors (Lipinski definition) is 1. The average Bonchev–Trinajstić information content (AvgIpc) is 2.50. The number of rotatable bonds is 2. The molecule has 0 radical (unpaired) electrons. The molecule has 0 fully saturated rings. The van der Waals surface area contributed by atoms with Crippen molar-refractivity contribution in [3.63, 3.8) is 0 Å². The van der Waals surface area contributed by atoms with Crippen molar-refractivity contribution >= 4 is 17.3 Å². The summed E-state index contributed by atoms with van der Waals surface area (Å²) in [6.07, 6.45) is 0. The van der Waals surface area contributed by atoms with E-state index in [4.69, 9.17) is 4.74 Å². The van der Waals surface area contributed by atoms with Gasteiger partial charge in [0.05, 0.1) is 12.2 Å². The summed E-state index contributed by atoms with van der Waals surface area (Å²) >= 11 is 0. The molecule has 1 heterocycles. The molecule has 2 aromatic carbocycles. The van der Waals surface area contributed by atoms with Crippen molar-refractivity contribution in [2.75, 3.05) is 30.4 Å². The van der Waals surface area contributed by atoms with Crippen LogP contribution >= 0.6 is 0 Å². The summed E-state index contributed by atoms with van der Waals surface area (Å²) in [4.78, 5) is 14.5. The summed E-state index contributed by atoms with van der Waals surface area (Å²) in [7, 11) is 2.04. The van der Waals surface area contributed by atoms with Gasteiger partial charge in [-0.3, -0.25) is 4.79 Å². The summed E-state index contributed by atoms with van der Waals surface area (Å²) < 4.78 is 5.66. The third kappa shape index (κ3) is 2.77. The van der Waals surface area contributed by atoms with E-state index in [0.717, 1.165) is 29.2 Å². The second-order valence-corrected chi connectivity index (χ2v) is 5.71. The van der Waals surface area contributed by atoms with Gasteiger partial charge in [0, 0.05) is 24.4 Å². The number of fused-ring (bicyclic) bond motifs is 1. The minimum Gasteiger partial charge on any atom is -0.489 e. The summed E-state index contributed by atoms with van der Waals surface area (Å²) in [5, 5.41) is 2.93. The smallest absolute Gasteiger partial charge is 0.255 e. The Labute approximate surface area is 130 Å².